The largest absolute Gasteiger partial charge is 0.356 e. The van der Waals surface area contributed by atoms with E-state index in [1.807, 2.05) is 6.07 Å². The maximum absolute atomic E-state index is 13.7. The lowest BCUT2D eigenvalue weighted by atomic mass is 10.1. The number of fused-ring (bicyclic) bond motifs is 3. The van der Waals surface area contributed by atoms with Crippen LogP contribution in [0.15, 0.2) is 47.3 Å². The molecule has 0 atom stereocenters. The van der Waals surface area contributed by atoms with Gasteiger partial charge >= 0.3 is 0 Å². The minimum atomic E-state index is -0.506. The zero-order valence-corrected chi connectivity index (χ0v) is 17.3. The molecule has 2 heterocycles. The van der Waals surface area contributed by atoms with E-state index in [0.717, 1.165) is 5.56 Å². The van der Waals surface area contributed by atoms with Crippen molar-refractivity contribution in [1.29, 1.82) is 0 Å². The highest BCUT2D eigenvalue weighted by atomic mass is 35.5. The van der Waals surface area contributed by atoms with Gasteiger partial charge in [-0.15, -0.1) is 5.10 Å². The summed E-state index contributed by atoms with van der Waals surface area (Å²) in [6, 6.07) is 11.1. The summed E-state index contributed by atoms with van der Waals surface area (Å²) in [5.41, 5.74) is 0.942. The number of amides is 1. The van der Waals surface area contributed by atoms with Crippen LogP contribution < -0.4 is 10.9 Å². The predicted octanol–water partition coefficient (Wildman–Crippen LogP) is 3.25. The van der Waals surface area contributed by atoms with Crippen LogP contribution in [0.5, 0.6) is 0 Å². The van der Waals surface area contributed by atoms with Gasteiger partial charge in [-0.05, 0) is 54.5 Å². The van der Waals surface area contributed by atoms with Crippen molar-refractivity contribution in [2.45, 2.75) is 19.4 Å². The third-order valence-electron chi connectivity index (χ3n) is 4.71. The molecule has 0 bridgehead atoms. The number of hydrogen-bond donors (Lipinski definition) is 2. The molecule has 0 saturated carbocycles. The molecule has 0 fully saturated rings. The van der Waals surface area contributed by atoms with Gasteiger partial charge in [0.1, 0.15) is 5.82 Å². The Morgan fingerprint density at radius 3 is 2.90 bits per heavy atom. The van der Waals surface area contributed by atoms with Gasteiger partial charge in [-0.2, -0.15) is 0 Å². The van der Waals surface area contributed by atoms with Gasteiger partial charge in [0.05, 0.1) is 17.3 Å². The fourth-order valence-corrected chi connectivity index (χ4v) is 3.80. The maximum Gasteiger partial charge on any atom is 0.262 e. The van der Waals surface area contributed by atoms with Crippen LogP contribution in [0, 0.1) is 10.6 Å². The third-order valence-corrected chi connectivity index (χ3v) is 5.21. The van der Waals surface area contributed by atoms with Gasteiger partial charge < -0.3 is 5.32 Å². The molecule has 7 nitrogen and oxygen atoms in total. The number of rotatable bonds is 6. The molecule has 0 aliphatic rings. The van der Waals surface area contributed by atoms with Crippen LogP contribution in [0.4, 0.5) is 4.39 Å². The first-order valence-corrected chi connectivity index (χ1v) is 10.0. The van der Waals surface area contributed by atoms with E-state index >= 15 is 0 Å². The number of benzene rings is 2. The molecule has 0 radical (unpaired) electrons. The highest BCUT2D eigenvalue weighted by Crippen LogP contribution is 2.15. The summed E-state index contributed by atoms with van der Waals surface area (Å²) in [6.07, 6.45) is 0.700. The molecule has 30 heavy (non-hydrogen) atoms. The van der Waals surface area contributed by atoms with Crippen LogP contribution in [-0.2, 0) is 17.8 Å². The molecular formula is C20H17ClFN5O2S. The van der Waals surface area contributed by atoms with Gasteiger partial charge in [0.15, 0.2) is 0 Å². The van der Waals surface area contributed by atoms with E-state index in [2.05, 4.69) is 15.5 Å². The van der Waals surface area contributed by atoms with Crippen LogP contribution in [0.2, 0.25) is 5.02 Å². The SMILES string of the molecule is O=C(Cc1cccc(Cl)c1)NCCCn1c(=O)c2cc(F)ccc2n2c(=S)[nH]nc12. The van der Waals surface area contributed by atoms with Crippen molar-refractivity contribution in [2.75, 3.05) is 6.54 Å². The zero-order valence-electron chi connectivity index (χ0n) is 15.7. The highest BCUT2D eigenvalue weighted by molar-refractivity contribution is 7.71. The Bertz CT molecular complexity index is 1380. The molecule has 4 rings (SSSR count). The lowest BCUT2D eigenvalue weighted by molar-refractivity contribution is -0.120. The van der Waals surface area contributed by atoms with Crippen LogP contribution in [0.25, 0.3) is 16.7 Å². The van der Waals surface area contributed by atoms with Crippen LogP contribution in [0.1, 0.15) is 12.0 Å². The number of carbonyl (C=O) groups is 1. The van der Waals surface area contributed by atoms with Crippen LogP contribution in [-0.4, -0.2) is 31.6 Å². The van der Waals surface area contributed by atoms with Crippen LogP contribution in [0.3, 0.4) is 0 Å². The Balaban J connectivity index is 1.50. The van der Waals surface area contributed by atoms with E-state index in [4.69, 9.17) is 23.8 Å². The molecule has 0 aliphatic heterocycles. The normalized spacial score (nSPS) is 11.3. The van der Waals surface area contributed by atoms with Gasteiger partial charge in [0.2, 0.25) is 16.5 Å². The van der Waals surface area contributed by atoms with Gasteiger partial charge in [0.25, 0.3) is 5.56 Å². The van der Waals surface area contributed by atoms with E-state index in [0.29, 0.717) is 34.1 Å². The second-order valence-electron chi connectivity index (χ2n) is 6.79. The molecule has 0 spiro atoms. The Morgan fingerprint density at radius 2 is 2.10 bits per heavy atom. The van der Waals surface area contributed by atoms with E-state index in [-0.39, 0.29) is 29.8 Å². The van der Waals surface area contributed by atoms with Gasteiger partial charge in [-0.25, -0.2) is 9.49 Å². The van der Waals surface area contributed by atoms with Crippen molar-refractivity contribution < 1.29 is 9.18 Å². The number of aromatic nitrogens is 4. The lowest BCUT2D eigenvalue weighted by Gasteiger charge is -2.11. The van der Waals surface area contributed by atoms with Gasteiger partial charge in [0, 0.05) is 18.1 Å². The first kappa shape index (κ1) is 20.2. The van der Waals surface area contributed by atoms with Crippen molar-refractivity contribution in [2.24, 2.45) is 0 Å². The van der Waals surface area contributed by atoms with E-state index in [9.17, 15) is 14.0 Å². The van der Waals surface area contributed by atoms with Gasteiger partial charge in [-0.3, -0.25) is 18.6 Å². The summed E-state index contributed by atoms with van der Waals surface area (Å²) in [4.78, 5) is 25.0. The molecule has 0 aliphatic carbocycles. The first-order valence-electron chi connectivity index (χ1n) is 9.24. The van der Waals surface area contributed by atoms with E-state index in [1.54, 1.807) is 22.6 Å². The molecule has 0 unspecified atom stereocenters. The minimum absolute atomic E-state index is 0.141. The molecule has 2 N–H and O–H groups in total. The molecule has 2 aromatic carbocycles. The zero-order chi connectivity index (χ0) is 21.3. The van der Waals surface area contributed by atoms with Crippen molar-refractivity contribution in [3.63, 3.8) is 0 Å². The van der Waals surface area contributed by atoms with Crippen molar-refractivity contribution in [3.8, 4) is 0 Å². The summed E-state index contributed by atoms with van der Waals surface area (Å²) >= 11 is 11.2. The summed E-state index contributed by atoms with van der Waals surface area (Å²) in [7, 11) is 0. The second-order valence-corrected chi connectivity index (χ2v) is 7.62. The van der Waals surface area contributed by atoms with E-state index in [1.165, 1.54) is 22.8 Å². The monoisotopic (exact) mass is 445 g/mol. The predicted molar refractivity (Wildman–Crippen MR) is 115 cm³/mol. The average molecular weight is 446 g/mol. The Hall–Kier alpha value is -3.04. The standard InChI is InChI=1S/C20H17ClFN5O2S/c21-13-4-1-3-12(9-13)10-17(28)23-7-2-8-26-18(29)15-11-14(22)5-6-16(15)27-19(26)24-25-20(27)30/h1,3-6,9,11H,2,7-8,10H2,(H,23,28)(H,25,30). The quantitative estimate of drug-likeness (QED) is 0.352. The number of aryl methyl sites for hydroxylation is 1. The second kappa shape index (κ2) is 8.37. The number of nitrogens with zero attached hydrogens (tertiary/aromatic N) is 3. The molecule has 1 amide bonds. The Labute approximate surface area is 180 Å². The molecule has 0 saturated heterocycles. The number of aromatic amines is 1. The molecule has 2 aromatic heterocycles. The summed E-state index contributed by atoms with van der Waals surface area (Å²) in [5, 5.41) is 10.4. The number of hydrogen-bond acceptors (Lipinski definition) is 4. The first-order chi connectivity index (χ1) is 14.4. The molecule has 4 aromatic rings. The Kier molecular flexibility index (Phi) is 5.65. The summed E-state index contributed by atoms with van der Waals surface area (Å²) < 4.78 is 17.1. The topological polar surface area (TPSA) is 84.2 Å². The third kappa shape index (κ3) is 3.99. The number of halogens is 2. The number of carbonyl (C=O) groups excluding carboxylic acids is 1. The lowest BCUT2D eigenvalue weighted by Crippen LogP contribution is -2.29. The van der Waals surface area contributed by atoms with E-state index < -0.39 is 5.82 Å². The van der Waals surface area contributed by atoms with Crippen molar-refractivity contribution in [1.82, 2.24) is 24.5 Å². The maximum atomic E-state index is 13.7. The highest BCUT2D eigenvalue weighted by Gasteiger charge is 2.14. The number of nitrogens with one attached hydrogen (secondary N) is 2. The van der Waals surface area contributed by atoms with Gasteiger partial charge in [-0.1, -0.05) is 23.7 Å². The molecular weight excluding hydrogens is 429 g/mol. The smallest absolute Gasteiger partial charge is 0.262 e. The minimum Gasteiger partial charge on any atom is -0.356 e. The molecule has 10 heteroatoms. The average Bonchev–Trinajstić information content (AvgIpc) is 3.09. The number of H-pyrrole nitrogens is 1. The Morgan fingerprint density at radius 1 is 1.27 bits per heavy atom. The van der Waals surface area contributed by atoms with Crippen molar-refractivity contribution >= 4 is 46.4 Å². The molecule has 154 valence electrons. The summed E-state index contributed by atoms with van der Waals surface area (Å²) in [6.45, 7) is 0.649. The van der Waals surface area contributed by atoms with Crippen LogP contribution >= 0.6 is 23.8 Å². The van der Waals surface area contributed by atoms with Crippen molar-refractivity contribution in [3.05, 3.63) is 74.0 Å². The fraction of sp³-hybridized carbons (Fsp3) is 0.200. The fourth-order valence-electron chi connectivity index (χ4n) is 3.36. The summed E-state index contributed by atoms with van der Waals surface area (Å²) in [5.74, 6) is -0.305.